The molecule has 19 heavy (non-hydrogen) atoms. The minimum absolute atomic E-state index is 0.195. The molecule has 1 heterocycles. The highest BCUT2D eigenvalue weighted by atomic mass is 16.3. The largest absolute Gasteiger partial charge is 0.392 e. The number of H-pyrrole nitrogens is 2. The maximum atomic E-state index is 11.2. The van der Waals surface area contributed by atoms with Crippen molar-refractivity contribution in [3.8, 4) is 0 Å². The molecule has 0 spiro atoms. The molecule has 1 aromatic heterocycles. The number of nitrogens with one attached hydrogen (secondary N) is 2. The van der Waals surface area contributed by atoms with Crippen molar-refractivity contribution >= 4 is 11.0 Å². The number of aromatic nitrogens is 2. The second-order valence-electron chi connectivity index (χ2n) is 4.89. The predicted octanol–water partition coefficient (Wildman–Crippen LogP) is -0.00230. The summed E-state index contributed by atoms with van der Waals surface area (Å²) >= 11 is 0. The van der Waals surface area contributed by atoms with Crippen LogP contribution in [0.5, 0.6) is 0 Å². The molecule has 1 unspecified atom stereocenters. The van der Waals surface area contributed by atoms with E-state index in [1.165, 1.54) is 0 Å². The van der Waals surface area contributed by atoms with Crippen LogP contribution >= 0.6 is 0 Å². The molecule has 0 aliphatic rings. The predicted molar refractivity (Wildman–Crippen MR) is 74.9 cm³/mol. The fraction of sp³-hybridized carbons (Fsp3) is 0.462. The zero-order chi connectivity index (χ0) is 13.8. The number of aliphatic hydroxyl groups is 1. The number of fused-ring (bicyclic) bond motifs is 1. The number of hydrogen-bond donors (Lipinski definition) is 4. The fourth-order valence-corrected chi connectivity index (χ4v) is 2.20. The average Bonchev–Trinajstić information content (AvgIpc) is 2.68. The van der Waals surface area contributed by atoms with Gasteiger partial charge in [0.05, 0.1) is 17.1 Å². The van der Waals surface area contributed by atoms with E-state index in [-0.39, 0.29) is 5.69 Å². The molecular formula is C13H20N4O2. The van der Waals surface area contributed by atoms with Crippen LogP contribution in [-0.4, -0.2) is 46.2 Å². The summed E-state index contributed by atoms with van der Waals surface area (Å²) in [6, 6.07) is 5.80. The van der Waals surface area contributed by atoms with E-state index in [9.17, 15) is 9.90 Å². The van der Waals surface area contributed by atoms with Crippen molar-refractivity contribution in [2.45, 2.75) is 19.1 Å². The van der Waals surface area contributed by atoms with Gasteiger partial charge in [-0.15, -0.1) is 0 Å². The van der Waals surface area contributed by atoms with Gasteiger partial charge in [-0.3, -0.25) is 4.90 Å². The SMILES string of the molecule is CN(Cc1ccc2[nH]c(=O)[nH]c2c1)CC(O)CCN. The van der Waals surface area contributed by atoms with Gasteiger partial charge in [0.2, 0.25) is 0 Å². The highest BCUT2D eigenvalue weighted by molar-refractivity contribution is 5.74. The van der Waals surface area contributed by atoms with Gasteiger partial charge in [0.15, 0.2) is 0 Å². The van der Waals surface area contributed by atoms with E-state index < -0.39 is 6.10 Å². The zero-order valence-corrected chi connectivity index (χ0v) is 11.0. The highest BCUT2D eigenvalue weighted by Gasteiger charge is 2.08. The van der Waals surface area contributed by atoms with Crippen molar-refractivity contribution < 1.29 is 5.11 Å². The third kappa shape index (κ3) is 3.66. The van der Waals surface area contributed by atoms with Gasteiger partial charge in [-0.2, -0.15) is 0 Å². The Morgan fingerprint density at radius 1 is 1.37 bits per heavy atom. The maximum Gasteiger partial charge on any atom is 0.323 e. The van der Waals surface area contributed by atoms with E-state index in [0.29, 0.717) is 26.1 Å². The van der Waals surface area contributed by atoms with Gasteiger partial charge in [0.25, 0.3) is 0 Å². The van der Waals surface area contributed by atoms with E-state index in [2.05, 4.69) is 9.97 Å². The molecule has 0 radical (unpaired) electrons. The Morgan fingerprint density at radius 2 is 2.11 bits per heavy atom. The van der Waals surface area contributed by atoms with Crippen molar-refractivity contribution in [1.29, 1.82) is 0 Å². The molecule has 1 atom stereocenters. The third-order valence-corrected chi connectivity index (χ3v) is 3.06. The molecular weight excluding hydrogens is 244 g/mol. The molecule has 6 heteroatoms. The summed E-state index contributed by atoms with van der Waals surface area (Å²) in [7, 11) is 1.95. The number of hydrogen-bond acceptors (Lipinski definition) is 4. The maximum absolute atomic E-state index is 11.2. The first-order chi connectivity index (χ1) is 9.08. The lowest BCUT2D eigenvalue weighted by molar-refractivity contribution is 0.117. The van der Waals surface area contributed by atoms with Crippen LogP contribution in [0.3, 0.4) is 0 Å². The van der Waals surface area contributed by atoms with Gasteiger partial charge in [-0.1, -0.05) is 6.07 Å². The molecule has 0 aliphatic heterocycles. The Bertz CT molecular complexity index is 590. The van der Waals surface area contributed by atoms with Gasteiger partial charge in [-0.25, -0.2) is 4.79 Å². The van der Waals surface area contributed by atoms with Crippen molar-refractivity contribution in [1.82, 2.24) is 14.9 Å². The first-order valence-corrected chi connectivity index (χ1v) is 6.36. The number of imidazole rings is 1. The first kappa shape index (κ1) is 13.8. The van der Waals surface area contributed by atoms with Crippen LogP contribution in [0.2, 0.25) is 0 Å². The van der Waals surface area contributed by atoms with Crippen LogP contribution in [0.1, 0.15) is 12.0 Å². The molecule has 0 fully saturated rings. The molecule has 6 nitrogen and oxygen atoms in total. The highest BCUT2D eigenvalue weighted by Crippen LogP contribution is 2.12. The Balaban J connectivity index is 2.02. The molecule has 5 N–H and O–H groups in total. The van der Waals surface area contributed by atoms with Crippen LogP contribution in [0.15, 0.2) is 23.0 Å². The van der Waals surface area contributed by atoms with Crippen LogP contribution in [-0.2, 0) is 6.54 Å². The summed E-state index contributed by atoms with van der Waals surface area (Å²) in [5, 5.41) is 9.70. The van der Waals surface area contributed by atoms with E-state index in [1.54, 1.807) is 0 Å². The minimum Gasteiger partial charge on any atom is -0.392 e. The van der Waals surface area contributed by atoms with E-state index in [4.69, 9.17) is 5.73 Å². The van der Waals surface area contributed by atoms with E-state index in [0.717, 1.165) is 16.6 Å². The quantitative estimate of drug-likeness (QED) is 0.590. The Hall–Kier alpha value is -1.63. The summed E-state index contributed by atoms with van der Waals surface area (Å²) in [6.45, 7) is 1.79. The summed E-state index contributed by atoms with van der Waals surface area (Å²) < 4.78 is 0. The van der Waals surface area contributed by atoms with Gasteiger partial charge in [0, 0.05) is 13.1 Å². The van der Waals surface area contributed by atoms with Gasteiger partial charge in [0.1, 0.15) is 0 Å². The second-order valence-corrected chi connectivity index (χ2v) is 4.89. The number of aliphatic hydroxyl groups excluding tert-OH is 1. The van der Waals surface area contributed by atoms with Gasteiger partial charge < -0.3 is 20.8 Å². The molecule has 1 aromatic carbocycles. The summed E-state index contributed by atoms with van der Waals surface area (Å²) in [4.78, 5) is 18.7. The molecule has 0 aliphatic carbocycles. The van der Waals surface area contributed by atoms with Crippen LogP contribution in [0, 0.1) is 0 Å². The second kappa shape index (κ2) is 6.01. The molecule has 0 saturated heterocycles. The Labute approximate surface area is 111 Å². The molecule has 2 rings (SSSR count). The summed E-state index contributed by atoms with van der Waals surface area (Å²) in [5.41, 5.74) is 7.91. The zero-order valence-electron chi connectivity index (χ0n) is 11.0. The Morgan fingerprint density at radius 3 is 2.84 bits per heavy atom. The van der Waals surface area contributed by atoms with Crippen molar-refractivity contribution in [3.05, 3.63) is 34.2 Å². The van der Waals surface area contributed by atoms with Gasteiger partial charge >= 0.3 is 5.69 Å². The third-order valence-electron chi connectivity index (χ3n) is 3.06. The minimum atomic E-state index is -0.397. The lowest BCUT2D eigenvalue weighted by Crippen LogP contribution is -2.30. The molecule has 0 saturated carbocycles. The number of rotatable bonds is 6. The lowest BCUT2D eigenvalue weighted by Gasteiger charge is -2.20. The number of nitrogens with two attached hydrogens (primary N) is 1. The Kier molecular flexibility index (Phi) is 4.36. The van der Waals surface area contributed by atoms with E-state index >= 15 is 0 Å². The number of likely N-dealkylation sites (N-methyl/N-ethyl adjacent to an activating group) is 1. The van der Waals surface area contributed by atoms with Crippen molar-refractivity contribution in [2.75, 3.05) is 20.1 Å². The smallest absolute Gasteiger partial charge is 0.323 e. The van der Waals surface area contributed by atoms with E-state index in [1.807, 2.05) is 30.1 Å². The normalized spacial score (nSPS) is 13.3. The lowest BCUT2D eigenvalue weighted by atomic mass is 10.1. The standard InChI is InChI=1S/C13H20N4O2/c1-17(8-10(18)4-5-14)7-9-2-3-11-12(6-9)16-13(19)15-11/h2-3,6,10,18H,4-5,7-8,14H2,1H3,(H2,15,16,19). The topological polar surface area (TPSA) is 98.1 Å². The fourth-order valence-electron chi connectivity index (χ4n) is 2.20. The number of benzene rings is 1. The molecule has 2 aromatic rings. The summed E-state index contributed by atoms with van der Waals surface area (Å²) in [6.07, 6.45) is 0.208. The average molecular weight is 264 g/mol. The van der Waals surface area contributed by atoms with Crippen LogP contribution in [0.25, 0.3) is 11.0 Å². The van der Waals surface area contributed by atoms with Crippen LogP contribution < -0.4 is 11.4 Å². The van der Waals surface area contributed by atoms with Crippen LogP contribution in [0.4, 0.5) is 0 Å². The molecule has 104 valence electrons. The number of nitrogens with zero attached hydrogens (tertiary/aromatic N) is 1. The number of aromatic amines is 2. The summed E-state index contributed by atoms with van der Waals surface area (Å²) in [5.74, 6) is 0. The molecule has 0 bridgehead atoms. The molecule has 0 amide bonds. The monoisotopic (exact) mass is 264 g/mol. The van der Waals surface area contributed by atoms with Crippen molar-refractivity contribution in [3.63, 3.8) is 0 Å². The first-order valence-electron chi connectivity index (χ1n) is 6.36. The van der Waals surface area contributed by atoms with Crippen molar-refractivity contribution in [2.24, 2.45) is 5.73 Å². The van der Waals surface area contributed by atoms with Gasteiger partial charge in [-0.05, 0) is 37.7 Å².